The van der Waals surface area contributed by atoms with Gasteiger partial charge in [-0.2, -0.15) is 4.98 Å². The Morgan fingerprint density at radius 2 is 1.88 bits per heavy atom. The Morgan fingerprint density at radius 3 is 2.67 bits per heavy atom. The van der Waals surface area contributed by atoms with Gasteiger partial charge in [0.25, 0.3) is 5.56 Å². The lowest BCUT2D eigenvalue weighted by molar-refractivity contribution is 0.388. The number of nitrogens with zero attached hydrogens (tertiary/aromatic N) is 5. The number of benzene rings is 1. The van der Waals surface area contributed by atoms with Crippen LogP contribution < -0.4 is 5.56 Å². The molecule has 0 saturated heterocycles. The van der Waals surface area contributed by atoms with Gasteiger partial charge in [-0.3, -0.25) is 9.20 Å². The lowest BCUT2D eigenvalue weighted by Gasteiger charge is -2.10. The van der Waals surface area contributed by atoms with Crippen molar-refractivity contribution in [2.24, 2.45) is 0 Å². The Kier molecular flexibility index (Phi) is 3.54. The molecule has 4 aromatic rings. The molecule has 1 aromatic carbocycles. The van der Waals surface area contributed by atoms with Gasteiger partial charge in [-0.1, -0.05) is 12.1 Å². The largest absolute Gasteiger partial charge is 0.309 e. The summed E-state index contributed by atoms with van der Waals surface area (Å²) in [7, 11) is 4.12. The predicted octanol–water partition coefficient (Wildman–Crippen LogP) is 2.15. The van der Waals surface area contributed by atoms with Gasteiger partial charge < -0.3 is 9.47 Å². The minimum atomic E-state index is -0.227. The van der Waals surface area contributed by atoms with E-state index in [0.717, 1.165) is 30.5 Å². The van der Waals surface area contributed by atoms with E-state index in [1.165, 1.54) is 0 Å². The fourth-order valence-electron chi connectivity index (χ4n) is 3.20. The maximum Gasteiger partial charge on any atom is 0.284 e. The monoisotopic (exact) mass is 321 g/mol. The zero-order valence-electron chi connectivity index (χ0n) is 13.8. The van der Waals surface area contributed by atoms with Crippen LogP contribution in [0.5, 0.6) is 0 Å². The standard InChI is InChI=1S/C18H19N5O/c1-21(2)11-6-12-22-14-8-3-4-9-15(14)23-16-13(7-5-10-19-16)17(24)20-18(22)23/h3-5,7-10H,6,11-12H2,1-2H3. The fraction of sp³-hybridized carbons (Fsp3) is 0.278. The Morgan fingerprint density at radius 1 is 1.08 bits per heavy atom. The van der Waals surface area contributed by atoms with Crippen LogP contribution in [0, 0.1) is 0 Å². The minimum absolute atomic E-state index is 0.227. The second-order valence-electron chi connectivity index (χ2n) is 6.22. The van der Waals surface area contributed by atoms with Crippen LogP contribution in [-0.4, -0.2) is 44.5 Å². The SMILES string of the molecule is CN(C)CCCn1c2ccccc2n2c3ncccc3c(=O)nc12. The molecule has 0 N–H and O–H groups in total. The summed E-state index contributed by atoms with van der Waals surface area (Å²) >= 11 is 0. The molecule has 0 aliphatic heterocycles. The van der Waals surface area contributed by atoms with Gasteiger partial charge >= 0.3 is 0 Å². The molecule has 0 atom stereocenters. The molecule has 0 amide bonds. The molecule has 0 saturated carbocycles. The summed E-state index contributed by atoms with van der Waals surface area (Å²) in [5, 5.41) is 0.547. The molecule has 0 radical (unpaired) electrons. The van der Waals surface area contributed by atoms with Crippen molar-refractivity contribution >= 4 is 27.8 Å². The fourth-order valence-corrected chi connectivity index (χ4v) is 3.20. The Balaban J connectivity index is 2.05. The quantitative estimate of drug-likeness (QED) is 0.578. The van der Waals surface area contributed by atoms with E-state index < -0.39 is 0 Å². The summed E-state index contributed by atoms with van der Waals surface area (Å²) in [6.45, 7) is 1.79. The third-order valence-electron chi connectivity index (χ3n) is 4.27. The average molecular weight is 321 g/mol. The summed E-state index contributed by atoms with van der Waals surface area (Å²) in [4.78, 5) is 23.4. The number of pyridine rings is 1. The molecular weight excluding hydrogens is 302 g/mol. The van der Waals surface area contributed by atoms with Crippen LogP contribution in [0.25, 0.3) is 27.8 Å². The molecule has 3 heterocycles. The molecule has 122 valence electrons. The highest BCUT2D eigenvalue weighted by molar-refractivity contribution is 5.87. The molecule has 24 heavy (non-hydrogen) atoms. The predicted molar refractivity (Wildman–Crippen MR) is 95.4 cm³/mol. The number of rotatable bonds is 4. The topological polar surface area (TPSA) is 55.4 Å². The van der Waals surface area contributed by atoms with Crippen molar-refractivity contribution in [3.8, 4) is 0 Å². The maximum atomic E-state index is 12.4. The first kappa shape index (κ1) is 14.8. The summed E-state index contributed by atoms with van der Waals surface area (Å²) in [6.07, 6.45) is 2.70. The second kappa shape index (κ2) is 5.72. The van der Waals surface area contributed by atoms with Crippen LogP contribution in [0.3, 0.4) is 0 Å². The molecule has 4 rings (SSSR count). The molecule has 0 aliphatic rings. The summed E-state index contributed by atoms with van der Waals surface area (Å²) in [5.41, 5.74) is 2.53. The normalized spacial score (nSPS) is 12.0. The molecule has 0 unspecified atom stereocenters. The second-order valence-corrected chi connectivity index (χ2v) is 6.22. The number of imidazole rings is 1. The highest BCUT2D eigenvalue weighted by Gasteiger charge is 2.15. The van der Waals surface area contributed by atoms with Crippen LogP contribution in [0.15, 0.2) is 47.4 Å². The number of aryl methyl sites for hydroxylation is 1. The van der Waals surface area contributed by atoms with Crippen molar-refractivity contribution in [1.29, 1.82) is 0 Å². The maximum absolute atomic E-state index is 12.4. The number of hydrogen-bond acceptors (Lipinski definition) is 4. The van der Waals surface area contributed by atoms with Crippen molar-refractivity contribution in [2.75, 3.05) is 20.6 Å². The Bertz CT molecular complexity index is 1090. The lowest BCUT2D eigenvalue weighted by atomic mass is 10.3. The highest BCUT2D eigenvalue weighted by atomic mass is 16.1. The van der Waals surface area contributed by atoms with E-state index in [0.29, 0.717) is 16.8 Å². The van der Waals surface area contributed by atoms with Gasteiger partial charge in [-0.05, 0) is 51.3 Å². The van der Waals surface area contributed by atoms with Gasteiger partial charge in [-0.25, -0.2) is 4.98 Å². The third-order valence-corrected chi connectivity index (χ3v) is 4.27. The summed E-state index contributed by atoms with van der Waals surface area (Å²) < 4.78 is 4.11. The van der Waals surface area contributed by atoms with Crippen molar-refractivity contribution in [3.05, 3.63) is 52.9 Å². The molecule has 6 heteroatoms. The van der Waals surface area contributed by atoms with Gasteiger partial charge in [0.1, 0.15) is 0 Å². The molecule has 0 spiro atoms. The van der Waals surface area contributed by atoms with E-state index in [2.05, 4.69) is 39.6 Å². The Labute approximate surface area is 139 Å². The van der Waals surface area contributed by atoms with Crippen LogP contribution in [0.1, 0.15) is 6.42 Å². The van der Waals surface area contributed by atoms with Gasteiger partial charge in [0, 0.05) is 12.7 Å². The van der Waals surface area contributed by atoms with E-state index in [4.69, 9.17) is 0 Å². The van der Waals surface area contributed by atoms with Crippen LogP contribution in [-0.2, 0) is 6.54 Å². The van der Waals surface area contributed by atoms with Crippen molar-refractivity contribution in [2.45, 2.75) is 13.0 Å². The zero-order valence-corrected chi connectivity index (χ0v) is 13.8. The number of para-hydroxylation sites is 2. The zero-order chi connectivity index (χ0) is 16.7. The summed E-state index contributed by atoms with van der Waals surface area (Å²) in [6, 6.07) is 11.7. The first-order valence-electron chi connectivity index (χ1n) is 8.06. The molecule has 0 fully saturated rings. The average Bonchev–Trinajstić information content (AvgIpc) is 2.89. The number of aromatic nitrogens is 4. The van der Waals surface area contributed by atoms with Crippen LogP contribution >= 0.6 is 0 Å². The van der Waals surface area contributed by atoms with E-state index in [-0.39, 0.29) is 5.56 Å². The van der Waals surface area contributed by atoms with Gasteiger partial charge in [0.05, 0.1) is 16.4 Å². The molecule has 0 aliphatic carbocycles. The van der Waals surface area contributed by atoms with Gasteiger partial charge in [0.15, 0.2) is 5.65 Å². The highest BCUT2D eigenvalue weighted by Crippen LogP contribution is 2.22. The van der Waals surface area contributed by atoms with Crippen molar-refractivity contribution < 1.29 is 0 Å². The third kappa shape index (κ3) is 2.27. The molecule has 3 aromatic heterocycles. The first-order valence-corrected chi connectivity index (χ1v) is 8.06. The first-order chi connectivity index (χ1) is 11.7. The van der Waals surface area contributed by atoms with E-state index in [9.17, 15) is 4.79 Å². The van der Waals surface area contributed by atoms with Crippen molar-refractivity contribution in [3.63, 3.8) is 0 Å². The van der Waals surface area contributed by atoms with E-state index in [1.54, 1.807) is 18.3 Å². The van der Waals surface area contributed by atoms with E-state index in [1.807, 2.05) is 22.6 Å². The van der Waals surface area contributed by atoms with Crippen LogP contribution in [0.4, 0.5) is 0 Å². The van der Waals surface area contributed by atoms with Gasteiger partial charge in [-0.15, -0.1) is 0 Å². The molecular formula is C18H19N5O. The lowest BCUT2D eigenvalue weighted by Crippen LogP contribution is -2.16. The smallest absolute Gasteiger partial charge is 0.284 e. The minimum Gasteiger partial charge on any atom is -0.309 e. The van der Waals surface area contributed by atoms with Crippen molar-refractivity contribution in [1.82, 2.24) is 23.8 Å². The Hall–Kier alpha value is -2.73. The van der Waals surface area contributed by atoms with Gasteiger partial charge in [0.2, 0.25) is 5.78 Å². The number of hydrogen-bond donors (Lipinski definition) is 0. The van der Waals surface area contributed by atoms with E-state index >= 15 is 0 Å². The van der Waals surface area contributed by atoms with Crippen LogP contribution in [0.2, 0.25) is 0 Å². The summed E-state index contributed by atoms with van der Waals surface area (Å²) in [5.74, 6) is 0.658. The molecule has 6 nitrogen and oxygen atoms in total. The molecule has 0 bridgehead atoms. The number of fused-ring (bicyclic) bond motifs is 5.